The van der Waals surface area contributed by atoms with Gasteiger partial charge in [-0.2, -0.15) is 0 Å². The minimum Gasteiger partial charge on any atom is -0.379 e. The molecular weight excluding hydrogens is 324 g/mol. The summed E-state index contributed by atoms with van der Waals surface area (Å²) in [6.45, 7) is 8.43. The van der Waals surface area contributed by atoms with E-state index >= 15 is 0 Å². The summed E-state index contributed by atoms with van der Waals surface area (Å²) in [5, 5.41) is 3.22. The van der Waals surface area contributed by atoms with Crippen LogP contribution in [0.5, 0.6) is 0 Å². The van der Waals surface area contributed by atoms with Crippen molar-refractivity contribution in [2.75, 3.05) is 32.8 Å². The molecule has 0 aromatic heterocycles. The Kier molecular flexibility index (Phi) is 6.42. The van der Waals surface area contributed by atoms with Crippen LogP contribution < -0.4 is 5.32 Å². The van der Waals surface area contributed by atoms with E-state index in [-0.39, 0.29) is 11.9 Å². The predicted molar refractivity (Wildman–Crippen MR) is 104 cm³/mol. The van der Waals surface area contributed by atoms with E-state index in [0.717, 1.165) is 38.4 Å². The lowest BCUT2D eigenvalue weighted by Gasteiger charge is -2.31. The van der Waals surface area contributed by atoms with Crippen LogP contribution in [0.2, 0.25) is 0 Å². The summed E-state index contributed by atoms with van der Waals surface area (Å²) in [6.07, 6.45) is 0. The van der Waals surface area contributed by atoms with Gasteiger partial charge in [-0.05, 0) is 29.2 Å². The Bertz CT molecular complexity index is 692. The number of carbonyl (C=O) groups is 1. The third-order valence-corrected chi connectivity index (χ3v) is 4.89. The van der Waals surface area contributed by atoms with Crippen LogP contribution in [0, 0.1) is 0 Å². The number of nitrogens with zero attached hydrogens (tertiary/aromatic N) is 1. The van der Waals surface area contributed by atoms with Gasteiger partial charge in [0.15, 0.2) is 0 Å². The molecule has 1 fully saturated rings. The third kappa shape index (κ3) is 4.93. The molecule has 1 aliphatic rings. The molecule has 0 aliphatic carbocycles. The Morgan fingerprint density at radius 1 is 1.00 bits per heavy atom. The summed E-state index contributed by atoms with van der Waals surface area (Å²) in [4.78, 5) is 15.1. The van der Waals surface area contributed by atoms with E-state index in [2.05, 4.69) is 36.2 Å². The smallest absolute Gasteiger partial charge is 0.251 e. The average Bonchev–Trinajstić information content (AvgIpc) is 2.69. The lowest BCUT2D eigenvalue weighted by molar-refractivity contribution is 0.0332. The van der Waals surface area contributed by atoms with Crippen molar-refractivity contribution in [1.29, 1.82) is 0 Å². The first-order chi connectivity index (χ1) is 12.6. The zero-order valence-electron chi connectivity index (χ0n) is 15.7. The van der Waals surface area contributed by atoms with Gasteiger partial charge in [0.1, 0.15) is 0 Å². The molecule has 0 spiro atoms. The second-order valence-electron chi connectivity index (χ2n) is 7.13. The number of nitrogens with one attached hydrogen (secondary N) is 1. The van der Waals surface area contributed by atoms with Crippen molar-refractivity contribution in [2.24, 2.45) is 0 Å². The molecule has 1 heterocycles. The fourth-order valence-electron chi connectivity index (χ4n) is 3.22. The number of carbonyl (C=O) groups excluding carboxylic acids is 1. The van der Waals surface area contributed by atoms with Gasteiger partial charge >= 0.3 is 0 Å². The number of benzene rings is 2. The molecule has 0 saturated carbocycles. The zero-order chi connectivity index (χ0) is 18.4. The molecule has 1 aliphatic heterocycles. The molecule has 1 atom stereocenters. The average molecular weight is 352 g/mol. The first kappa shape index (κ1) is 18.6. The van der Waals surface area contributed by atoms with Crippen molar-refractivity contribution in [3.8, 4) is 0 Å². The monoisotopic (exact) mass is 352 g/mol. The van der Waals surface area contributed by atoms with Crippen LogP contribution in [0.25, 0.3) is 0 Å². The molecule has 3 rings (SSSR count). The lowest BCUT2D eigenvalue weighted by Crippen LogP contribution is -2.43. The molecule has 2 aromatic carbocycles. The fourth-order valence-corrected chi connectivity index (χ4v) is 3.22. The van der Waals surface area contributed by atoms with Gasteiger partial charge in [0.05, 0.1) is 19.3 Å². The van der Waals surface area contributed by atoms with Crippen LogP contribution in [-0.2, 0) is 4.74 Å². The summed E-state index contributed by atoms with van der Waals surface area (Å²) in [6, 6.07) is 18.1. The van der Waals surface area contributed by atoms with E-state index < -0.39 is 0 Å². The van der Waals surface area contributed by atoms with E-state index in [4.69, 9.17) is 4.74 Å². The van der Waals surface area contributed by atoms with Gasteiger partial charge in [-0.15, -0.1) is 0 Å². The van der Waals surface area contributed by atoms with E-state index in [1.54, 1.807) is 0 Å². The highest BCUT2D eigenvalue weighted by molar-refractivity contribution is 5.94. The normalized spacial score (nSPS) is 16.4. The van der Waals surface area contributed by atoms with Crippen LogP contribution in [0.3, 0.4) is 0 Å². The summed E-state index contributed by atoms with van der Waals surface area (Å²) in [7, 11) is 0. The second-order valence-corrected chi connectivity index (χ2v) is 7.13. The molecule has 26 heavy (non-hydrogen) atoms. The van der Waals surface area contributed by atoms with E-state index in [1.165, 1.54) is 5.56 Å². The summed E-state index contributed by atoms with van der Waals surface area (Å²) < 4.78 is 5.44. The minimum atomic E-state index is -0.0356. The SMILES string of the molecule is CC(C)c1ccc(C(=O)NC(CN2CCOCC2)c2ccccc2)cc1. The number of ether oxygens (including phenoxy) is 1. The van der Waals surface area contributed by atoms with Crippen LogP contribution >= 0.6 is 0 Å². The van der Waals surface area contributed by atoms with Crippen molar-refractivity contribution < 1.29 is 9.53 Å². The molecule has 1 unspecified atom stereocenters. The van der Waals surface area contributed by atoms with E-state index in [1.807, 2.05) is 42.5 Å². The molecule has 4 nitrogen and oxygen atoms in total. The minimum absolute atomic E-state index is 0.0255. The molecule has 1 saturated heterocycles. The fraction of sp³-hybridized carbons (Fsp3) is 0.409. The maximum absolute atomic E-state index is 12.8. The number of morpholine rings is 1. The van der Waals surface area contributed by atoms with Crippen LogP contribution in [0.1, 0.15) is 47.3 Å². The van der Waals surface area contributed by atoms with Crippen molar-refractivity contribution >= 4 is 5.91 Å². The lowest BCUT2D eigenvalue weighted by atomic mass is 10.0. The van der Waals surface area contributed by atoms with Crippen LogP contribution in [-0.4, -0.2) is 43.7 Å². The van der Waals surface area contributed by atoms with Crippen LogP contribution in [0.15, 0.2) is 54.6 Å². The molecule has 1 N–H and O–H groups in total. The highest BCUT2D eigenvalue weighted by Crippen LogP contribution is 2.18. The predicted octanol–water partition coefficient (Wildman–Crippen LogP) is 3.61. The van der Waals surface area contributed by atoms with Gasteiger partial charge in [0.25, 0.3) is 5.91 Å². The third-order valence-electron chi connectivity index (χ3n) is 4.89. The molecule has 1 amide bonds. The van der Waals surface area contributed by atoms with E-state index in [0.29, 0.717) is 11.5 Å². The Hall–Kier alpha value is -2.17. The topological polar surface area (TPSA) is 41.6 Å². The second kappa shape index (κ2) is 8.97. The Morgan fingerprint density at radius 2 is 1.65 bits per heavy atom. The number of hydrogen-bond donors (Lipinski definition) is 1. The largest absolute Gasteiger partial charge is 0.379 e. The Labute approximate surface area is 156 Å². The van der Waals surface area contributed by atoms with Crippen molar-refractivity contribution in [2.45, 2.75) is 25.8 Å². The summed E-state index contributed by atoms with van der Waals surface area (Å²) in [5.74, 6) is 0.438. The molecule has 0 bridgehead atoms. The van der Waals surface area contributed by atoms with Gasteiger partial charge < -0.3 is 10.1 Å². The molecular formula is C22H28N2O2. The number of rotatable bonds is 6. The Balaban J connectivity index is 1.72. The molecule has 0 radical (unpaired) electrons. The van der Waals surface area contributed by atoms with Gasteiger partial charge in [-0.3, -0.25) is 9.69 Å². The first-order valence-corrected chi connectivity index (χ1v) is 9.39. The summed E-state index contributed by atoms with van der Waals surface area (Å²) >= 11 is 0. The molecule has 4 heteroatoms. The standard InChI is InChI=1S/C22H28N2O2/c1-17(2)18-8-10-20(11-9-18)22(25)23-21(19-6-4-3-5-7-19)16-24-12-14-26-15-13-24/h3-11,17,21H,12-16H2,1-2H3,(H,23,25). The number of hydrogen-bond acceptors (Lipinski definition) is 3. The Morgan fingerprint density at radius 3 is 2.27 bits per heavy atom. The van der Waals surface area contributed by atoms with Gasteiger partial charge in [0, 0.05) is 25.2 Å². The number of amides is 1. The van der Waals surface area contributed by atoms with Crippen molar-refractivity contribution in [3.63, 3.8) is 0 Å². The highest BCUT2D eigenvalue weighted by Gasteiger charge is 2.20. The van der Waals surface area contributed by atoms with Crippen molar-refractivity contribution in [1.82, 2.24) is 10.2 Å². The highest BCUT2D eigenvalue weighted by atomic mass is 16.5. The van der Waals surface area contributed by atoms with Crippen molar-refractivity contribution in [3.05, 3.63) is 71.3 Å². The first-order valence-electron chi connectivity index (χ1n) is 9.39. The quantitative estimate of drug-likeness (QED) is 0.863. The van der Waals surface area contributed by atoms with Gasteiger partial charge in [-0.25, -0.2) is 0 Å². The van der Waals surface area contributed by atoms with Gasteiger partial charge in [0.2, 0.25) is 0 Å². The summed E-state index contributed by atoms with van der Waals surface area (Å²) in [5.41, 5.74) is 3.08. The molecule has 138 valence electrons. The molecule has 2 aromatic rings. The maximum Gasteiger partial charge on any atom is 0.251 e. The van der Waals surface area contributed by atoms with E-state index in [9.17, 15) is 4.79 Å². The van der Waals surface area contributed by atoms with Crippen LogP contribution in [0.4, 0.5) is 0 Å². The zero-order valence-corrected chi connectivity index (χ0v) is 15.7. The van der Waals surface area contributed by atoms with Gasteiger partial charge in [-0.1, -0.05) is 56.3 Å². The maximum atomic E-state index is 12.8.